The first-order chi connectivity index (χ1) is 14.6. The van der Waals surface area contributed by atoms with Crippen LogP contribution in [0.25, 0.3) is 22.4 Å². The number of nitrogens with zero attached hydrogens (tertiary/aromatic N) is 1. The van der Waals surface area contributed by atoms with Gasteiger partial charge in [0.05, 0.1) is 5.56 Å². The van der Waals surface area contributed by atoms with Gasteiger partial charge in [-0.05, 0) is 48.4 Å². The van der Waals surface area contributed by atoms with Crippen LogP contribution in [0.4, 0.5) is 30.7 Å². The molecule has 0 fully saturated rings. The van der Waals surface area contributed by atoms with Crippen molar-refractivity contribution < 1.29 is 48.4 Å². The average molecular weight is 484 g/mol. The lowest BCUT2D eigenvalue weighted by molar-refractivity contribution is -0.274. The van der Waals surface area contributed by atoms with E-state index in [-0.39, 0.29) is 11.1 Å². The molecular weight excluding hydrogens is 473 g/mol. The van der Waals surface area contributed by atoms with Crippen LogP contribution in [0.1, 0.15) is 11.3 Å². The lowest BCUT2D eigenvalue weighted by atomic mass is 9.96. The van der Waals surface area contributed by atoms with Crippen LogP contribution in [0.2, 0.25) is 0 Å². The van der Waals surface area contributed by atoms with Gasteiger partial charge in [-0.25, -0.2) is 17.9 Å². The van der Waals surface area contributed by atoms with Gasteiger partial charge < -0.3 is 9.26 Å². The molecule has 0 atom stereocenters. The summed E-state index contributed by atoms with van der Waals surface area (Å²) in [6.45, 7) is 1.29. The molecule has 0 aliphatic heterocycles. The molecule has 0 spiro atoms. The fourth-order valence-electron chi connectivity index (χ4n) is 2.92. The summed E-state index contributed by atoms with van der Waals surface area (Å²) in [5, 5.41) is 8.23. The highest BCUT2D eigenvalue weighted by Crippen LogP contribution is 2.44. The molecule has 14 heteroatoms. The average Bonchev–Trinajstić information content (AvgIpc) is 3.04. The fourth-order valence-corrected chi connectivity index (χ4v) is 3.51. The summed E-state index contributed by atoms with van der Waals surface area (Å²) in [5.74, 6) is -3.66. The molecule has 0 radical (unpaired) electrons. The number of halogens is 7. The van der Waals surface area contributed by atoms with E-state index in [1.165, 1.54) is 6.92 Å². The third-order valence-corrected chi connectivity index (χ3v) is 5.11. The molecule has 0 saturated carbocycles. The predicted octanol–water partition coefficient (Wildman–Crippen LogP) is 5.02. The first-order valence-electron chi connectivity index (χ1n) is 8.34. The maximum absolute atomic E-state index is 14.3. The van der Waals surface area contributed by atoms with Gasteiger partial charge in [0.25, 0.3) is 0 Å². The number of rotatable bonds is 4. The first kappa shape index (κ1) is 23.5. The predicted molar refractivity (Wildman–Crippen MR) is 95.1 cm³/mol. The van der Waals surface area contributed by atoms with Gasteiger partial charge in [0.2, 0.25) is 15.8 Å². The number of aromatic nitrogens is 1. The largest absolute Gasteiger partial charge is 0.573 e. The van der Waals surface area contributed by atoms with E-state index in [1.54, 1.807) is 0 Å². The Morgan fingerprint density at radius 1 is 1.03 bits per heavy atom. The molecule has 32 heavy (non-hydrogen) atoms. The van der Waals surface area contributed by atoms with E-state index in [2.05, 4.69) is 14.4 Å². The molecular formula is C18H11F7N2O4S. The Morgan fingerprint density at radius 2 is 1.69 bits per heavy atom. The van der Waals surface area contributed by atoms with Gasteiger partial charge >= 0.3 is 12.5 Å². The molecule has 0 bridgehead atoms. The van der Waals surface area contributed by atoms with Crippen LogP contribution in [-0.2, 0) is 16.2 Å². The van der Waals surface area contributed by atoms with Crippen molar-refractivity contribution >= 4 is 10.0 Å². The molecule has 0 unspecified atom stereocenters. The van der Waals surface area contributed by atoms with Crippen LogP contribution < -0.4 is 9.88 Å². The second-order valence-electron chi connectivity index (χ2n) is 6.45. The molecule has 0 aliphatic rings. The second-order valence-corrected chi connectivity index (χ2v) is 7.98. The third kappa shape index (κ3) is 4.85. The van der Waals surface area contributed by atoms with Crippen molar-refractivity contribution in [3.63, 3.8) is 0 Å². The monoisotopic (exact) mass is 484 g/mol. The number of hydrogen-bond donors (Lipinski definition) is 1. The van der Waals surface area contributed by atoms with Gasteiger partial charge in [0.15, 0.2) is 0 Å². The standard InChI is InChI=1S/C18H11F7N2O4S/c1-8-6-10(30-18(23,24)25)3-4-11(8)15-14(16(31-27-15)17(20,21)22)9-2-5-13(12(19)7-9)32(26,28)29/h2-7H,1H3,(H2,26,28,29). The molecule has 3 aromatic rings. The highest BCUT2D eigenvalue weighted by molar-refractivity contribution is 7.89. The van der Waals surface area contributed by atoms with Gasteiger partial charge in [-0.2, -0.15) is 13.2 Å². The van der Waals surface area contributed by atoms with E-state index in [4.69, 9.17) is 5.14 Å². The lowest BCUT2D eigenvalue weighted by Crippen LogP contribution is -2.17. The van der Waals surface area contributed by atoms with Gasteiger partial charge in [-0.1, -0.05) is 11.2 Å². The third-order valence-electron chi connectivity index (χ3n) is 4.16. The van der Waals surface area contributed by atoms with Crippen molar-refractivity contribution in [3.05, 3.63) is 53.5 Å². The van der Waals surface area contributed by atoms with Crippen molar-refractivity contribution in [2.45, 2.75) is 24.4 Å². The van der Waals surface area contributed by atoms with Gasteiger partial charge in [-0.3, -0.25) is 0 Å². The summed E-state index contributed by atoms with van der Waals surface area (Å²) in [5.41, 5.74) is -1.68. The summed E-state index contributed by atoms with van der Waals surface area (Å²) in [6, 6.07) is 4.83. The number of primary sulfonamides is 1. The van der Waals surface area contributed by atoms with E-state index < -0.39 is 61.6 Å². The zero-order valence-corrected chi connectivity index (χ0v) is 16.5. The van der Waals surface area contributed by atoms with E-state index in [9.17, 15) is 39.2 Å². The number of nitrogens with two attached hydrogens (primary N) is 1. The Labute approximate surface area is 175 Å². The summed E-state index contributed by atoms with van der Waals surface area (Å²) < 4.78 is 123. The molecule has 172 valence electrons. The number of ether oxygens (including phenoxy) is 1. The maximum atomic E-state index is 14.3. The topological polar surface area (TPSA) is 95.4 Å². The van der Waals surface area contributed by atoms with Crippen LogP contribution in [0.5, 0.6) is 5.75 Å². The van der Waals surface area contributed by atoms with Crippen LogP contribution in [0.3, 0.4) is 0 Å². The van der Waals surface area contributed by atoms with Crippen LogP contribution in [0, 0.1) is 12.7 Å². The number of sulfonamides is 1. The van der Waals surface area contributed by atoms with Crippen molar-refractivity contribution in [1.29, 1.82) is 0 Å². The van der Waals surface area contributed by atoms with E-state index in [1.807, 2.05) is 0 Å². The maximum Gasteiger partial charge on any atom is 0.573 e. The van der Waals surface area contributed by atoms with E-state index in [0.29, 0.717) is 12.1 Å². The number of benzene rings is 2. The van der Waals surface area contributed by atoms with Crippen LogP contribution >= 0.6 is 0 Å². The van der Waals surface area contributed by atoms with Crippen molar-refractivity contribution in [3.8, 4) is 28.1 Å². The lowest BCUT2D eigenvalue weighted by Gasteiger charge is -2.12. The molecule has 6 nitrogen and oxygen atoms in total. The van der Waals surface area contributed by atoms with Crippen molar-refractivity contribution in [2.75, 3.05) is 0 Å². The SMILES string of the molecule is Cc1cc(OC(F)(F)F)ccc1-c1noc(C(F)(F)F)c1-c1ccc(S(N)(=O)=O)c(F)c1. The fraction of sp³-hybridized carbons (Fsp3) is 0.167. The van der Waals surface area contributed by atoms with Gasteiger partial charge in [0, 0.05) is 5.56 Å². The minimum absolute atomic E-state index is 0.0386. The highest BCUT2D eigenvalue weighted by Gasteiger charge is 2.41. The molecule has 2 N–H and O–H groups in total. The normalized spacial score (nSPS) is 12.8. The molecule has 0 amide bonds. The van der Waals surface area contributed by atoms with Crippen LogP contribution in [0.15, 0.2) is 45.8 Å². The Hall–Kier alpha value is -3.13. The Morgan fingerprint density at radius 3 is 2.19 bits per heavy atom. The Balaban J connectivity index is 2.21. The Kier molecular flexibility index (Phi) is 5.72. The number of aryl methyl sites for hydroxylation is 1. The van der Waals surface area contributed by atoms with Crippen molar-refractivity contribution in [2.24, 2.45) is 5.14 Å². The summed E-state index contributed by atoms with van der Waals surface area (Å²) >= 11 is 0. The highest BCUT2D eigenvalue weighted by atomic mass is 32.2. The molecule has 2 aromatic carbocycles. The molecule has 1 heterocycles. The molecule has 0 saturated heterocycles. The van der Waals surface area contributed by atoms with Crippen molar-refractivity contribution in [1.82, 2.24) is 5.16 Å². The first-order valence-corrected chi connectivity index (χ1v) is 9.89. The smallest absolute Gasteiger partial charge is 0.406 e. The quantitative estimate of drug-likeness (QED) is 0.525. The minimum Gasteiger partial charge on any atom is -0.406 e. The number of alkyl halides is 6. The number of hydrogen-bond acceptors (Lipinski definition) is 5. The van der Waals surface area contributed by atoms with Crippen LogP contribution in [-0.4, -0.2) is 19.9 Å². The Bertz CT molecular complexity index is 1280. The van der Waals surface area contributed by atoms with E-state index >= 15 is 0 Å². The zero-order chi connectivity index (χ0) is 24.1. The molecule has 1 aromatic heterocycles. The molecule has 0 aliphatic carbocycles. The summed E-state index contributed by atoms with van der Waals surface area (Å²) in [4.78, 5) is -0.947. The zero-order valence-electron chi connectivity index (χ0n) is 15.7. The second kappa shape index (κ2) is 7.78. The molecule has 3 rings (SSSR count). The summed E-state index contributed by atoms with van der Waals surface area (Å²) in [6.07, 6.45) is -10.1. The van der Waals surface area contributed by atoms with E-state index in [0.717, 1.165) is 24.3 Å². The van der Waals surface area contributed by atoms with Gasteiger partial charge in [-0.15, -0.1) is 13.2 Å². The van der Waals surface area contributed by atoms with Gasteiger partial charge in [0.1, 0.15) is 22.2 Å². The minimum atomic E-state index is -5.08. The summed E-state index contributed by atoms with van der Waals surface area (Å²) in [7, 11) is -4.49.